The smallest absolute Gasteiger partial charge is 0.00143 e. The van der Waals surface area contributed by atoms with Crippen molar-refractivity contribution in [2.75, 3.05) is 13.6 Å². The van der Waals surface area contributed by atoms with Crippen LogP contribution in [-0.4, -0.2) is 13.6 Å². The van der Waals surface area contributed by atoms with Gasteiger partial charge in [0, 0.05) is 0 Å². The van der Waals surface area contributed by atoms with Gasteiger partial charge in [0.1, 0.15) is 0 Å². The number of fused-ring (bicyclic) bond motifs is 1. The van der Waals surface area contributed by atoms with E-state index in [2.05, 4.69) is 49.7 Å². The molecule has 1 N–H and O–H groups in total. The molecule has 1 heteroatoms. The molecule has 0 unspecified atom stereocenters. The summed E-state index contributed by atoms with van der Waals surface area (Å²) in [6.07, 6.45) is 9.56. The van der Waals surface area contributed by atoms with Crippen LogP contribution in [0.2, 0.25) is 0 Å². The molecule has 0 saturated carbocycles. The third-order valence-electron chi connectivity index (χ3n) is 4.70. The van der Waals surface area contributed by atoms with E-state index in [-0.39, 0.29) is 0 Å². The second kappa shape index (κ2) is 8.69. The first kappa shape index (κ1) is 17.5. The SMILES string of the molecule is C=C/C1=C(C=C)/C(=C(/CC)CCNC)c2ccccc2CCC1. The van der Waals surface area contributed by atoms with Gasteiger partial charge in [-0.25, -0.2) is 0 Å². The number of benzene rings is 1. The van der Waals surface area contributed by atoms with Crippen molar-refractivity contribution in [1.29, 1.82) is 0 Å². The minimum atomic E-state index is 1.00. The molecule has 0 heterocycles. The first-order valence-electron chi connectivity index (χ1n) is 8.70. The molecular formula is C22H29N. The van der Waals surface area contributed by atoms with Gasteiger partial charge in [-0.1, -0.05) is 62.1 Å². The molecule has 0 bridgehead atoms. The summed E-state index contributed by atoms with van der Waals surface area (Å²) in [7, 11) is 2.02. The molecule has 0 amide bonds. The van der Waals surface area contributed by atoms with Crippen LogP contribution >= 0.6 is 0 Å². The molecular weight excluding hydrogens is 278 g/mol. The van der Waals surface area contributed by atoms with Crippen LogP contribution in [0.5, 0.6) is 0 Å². The highest BCUT2D eigenvalue weighted by Gasteiger charge is 2.19. The van der Waals surface area contributed by atoms with Crippen molar-refractivity contribution < 1.29 is 0 Å². The highest BCUT2D eigenvalue weighted by atomic mass is 14.8. The fraction of sp³-hybridized carbons (Fsp3) is 0.364. The standard InChI is InChI=1S/C22H29N/c1-5-17-12-10-13-19-11-8-9-14-21(19)22(20(17)7-3)18(6-2)15-16-23-4/h5,7-9,11,14,23H,1,3,6,10,12-13,15-16H2,2,4H3/b20-17-,22-18+. The molecule has 0 saturated heterocycles. The number of hydrogen-bond acceptors (Lipinski definition) is 1. The van der Waals surface area contributed by atoms with Gasteiger partial charge in [0.2, 0.25) is 0 Å². The van der Waals surface area contributed by atoms with Crippen LogP contribution in [0, 0.1) is 0 Å². The first-order chi connectivity index (χ1) is 11.3. The maximum atomic E-state index is 4.12. The van der Waals surface area contributed by atoms with Crippen LogP contribution < -0.4 is 5.32 Å². The zero-order valence-electron chi connectivity index (χ0n) is 14.6. The summed E-state index contributed by atoms with van der Waals surface area (Å²) >= 11 is 0. The average Bonchev–Trinajstić information content (AvgIpc) is 2.58. The summed E-state index contributed by atoms with van der Waals surface area (Å²) in [4.78, 5) is 0. The van der Waals surface area contributed by atoms with E-state index in [9.17, 15) is 0 Å². The van der Waals surface area contributed by atoms with Gasteiger partial charge in [-0.15, -0.1) is 0 Å². The van der Waals surface area contributed by atoms with Crippen LogP contribution in [0.3, 0.4) is 0 Å². The van der Waals surface area contributed by atoms with Crippen molar-refractivity contribution >= 4 is 5.57 Å². The molecule has 1 nitrogen and oxygen atoms in total. The topological polar surface area (TPSA) is 12.0 Å². The largest absolute Gasteiger partial charge is 0.319 e. The van der Waals surface area contributed by atoms with Gasteiger partial charge >= 0.3 is 0 Å². The van der Waals surface area contributed by atoms with Crippen molar-refractivity contribution in [3.63, 3.8) is 0 Å². The Balaban J connectivity index is 2.74. The Hall–Kier alpha value is -1.86. The lowest BCUT2D eigenvalue weighted by atomic mass is 9.81. The molecule has 0 fully saturated rings. The summed E-state index contributed by atoms with van der Waals surface area (Å²) in [5.41, 5.74) is 8.35. The van der Waals surface area contributed by atoms with Crippen molar-refractivity contribution in [1.82, 2.24) is 5.32 Å². The van der Waals surface area contributed by atoms with Crippen LogP contribution in [-0.2, 0) is 6.42 Å². The number of aryl methyl sites for hydroxylation is 1. The Kier molecular flexibility index (Phi) is 6.61. The second-order valence-electron chi connectivity index (χ2n) is 6.04. The van der Waals surface area contributed by atoms with Crippen LogP contribution in [0.4, 0.5) is 0 Å². The summed E-state index contributed by atoms with van der Waals surface area (Å²) in [5.74, 6) is 0. The Bertz CT molecular complexity index is 631. The monoisotopic (exact) mass is 307 g/mol. The predicted octanol–water partition coefficient (Wildman–Crippen LogP) is 5.46. The van der Waals surface area contributed by atoms with Gasteiger partial charge in [-0.2, -0.15) is 0 Å². The van der Waals surface area contributed by atoms with E-state index in [0.29, 0.717) is 0 Å². The highest BCUT2D eigenvalue weighted by molar-refractivity contribution is 5.87. The molecule has 23 heavy (non-hydrogen) atoms. The predicted molar refractivity (Wildman–Crippen MR) is 103 cm³/mol. The van der Waals surface area contributed by atoms with Gasteiger partial charge in [0.15, 0.2) is 0 Å². The number of allylic oxidation sites excluding steroid dienone is 5. The summed E-state index contributed by atoms with van der Waals surface area (Å²) in [6, 6.07) is 8.86. The van der Waals surface area contributed by atoms with Crippen LogP contribution in [0.25, 0.3) is 5.57 Å². The minimum absolute atomic E-state index is 1.00. The van der Waals surface area contributed by atoms with Crippen molar-refractivity contribution in [3.8, 4) is 0 Å². The number of hydrogen-bond donors (Lipinski definition) is 1. The number of nitrogens with one attached hydrogen (secondary N) is 1. The third-order valence-corrected chi connectivity index (χ3v) is 4.70. The fourth-order valence-corrected chi connectivity index (χ4v) is 3.47. The average molecular weight is 307 g/mol. The van der Waals surface area contributed by atoms with E-state index in [1.54, 1.807) is 0 Å². The van der Waals surface area contributed by atoms with Crippen molar-refractivity contribution in [2.24, 2.45) is 0 Å². The zero-order chi connectivity index (χ0) is 16.7. The molecule has 0 aromatic heterocycles. The summed E-state index contributed by atoms with van der Waals surface area (Å²) < 4.78 is 0. The molecule has 1 aromatic carbocycles. The van der Waals surface area contributed by atoms with Gasteiger partial charge in [0.05, 0.1) is 0 Å². The van der Waals surface area contributed by atoms with E-state index in [1.807, 2.05) is 19.2 Å². The molecule has 0 spiro atoms. The third kappa shape index (κ3) is 3.92. The first-order valence-corrected chi connectivity index (χ1v) is 8.70. The maximum Gasteiger partial charge on any atom is -0.00143 e. The van der Waals surface area contributed by atoms with E-state index >= 15 is 0 Å². The molecule has 0 aliphatic heterocycles. The van der Waals surface area contributed by atoms with E-state index in [4.69, 9.17) is 0 Å². The quantitative estimate of drug-likeness (QED) is 0.735. The van der Waals surface area contributed by atoms with Crippen molar-refractivity contribution in [2.45, 2.75) is 39.0 Å². The molecule has 0 atom stereocenters. The van der Waals surface area contributed by atoms with Crippen molar-refractivity contribution in [3.05, 3.63) is 77.4 Å². The van der Waals surface area contributed by atoms with Crippen LogP contribution in [0.1, 0.15) is 43.7 Å². The number of rotatable bonds is 6. The summed E-state index contributed by atoms with van der Waals surface area (Å²) in [5, 5.41) is 3.29. The van der Waals surface area contributed by atoms with E-state index in [0.717, 1.165) is 32.2 Å². The summed E-state index contributed by atoms with van der Waals surface area (Å²) in [6.45, 7) is 11.4. The molecule has 1 aromatic rings. The normalized spacial score (nSPS) is 20.3. The molecule has 0 radical (unpaired) electrons. The lowest BCUT2D eigenvalue weighted by Crippen LogP contribution is -2.11. The molecule has 1 aliphatic carbocycles. The Labute approximate surface area is 141 Å². The lowest BCUT2D eigenvalue weighted by Gasteiger charge is -2.24. The molecule has 1 aliphatic rings. The highest BCUT2D eigenvalue weighted by Crippen LogP contribution is 2.38. The Morgan fingerprint density at radius 2 is 1.96 bits per heavy atom. The van der Waals surface area contributed by atoms with E-state index < -0.39 is 0 Å². The Morgan fingerprint density at radius 3 is 2.61 bits per heavy atom. The van der Waals surface area contributed by atoms with Gasteiger partial charge < -0.3 is 5.32 Å². The van der Waals surface area contributed by atoms with Gasteiger partial charge in [-0.3, -0.25) is 0 Å². The Morgan fingerprint density at radius 1 is 1.17 bits per heavy atom. The zero-order valence-corrected chi connectivity index (χ0v) is 14.6. The fourth-order valence-electron chi connectivity index (χ4n) is 3.47. The molecule has 2 rings (SSSR count). The van der Waals surface area contributed by atoms with Gasteiger partial charge in [0.25, 0.3) is 0 Å². The minimum Gasteiger partial charge on any atom is -0.319 e. The lowest BCUT2D eigenvalue weighted by molar-refractivity contribution is 0.767. The van der Waals surface area contributed by atoms with E-state index in [1.165, 1.54) is 39.8 Å². The maximum absolute atomic E-state index is 4.12. The molecule has 122 valence electrons. The van der Waals surface area contributed by atoms with Crippen LogP contribution in [0.15, 0.2) is 66.3 Å². The van der Waals surface area contributed by atoms with Gasteiger partial charge in [-0.05, 0) is 73.5 Å². The second-order valence-corrected chi connectivity index (χ2v) is 6.04.